The van der Waals surface area contributed by atoms with E-state index in [1.807, 2.05) is 6.07 Å². The molecule has 2 aromatic carbocycles. The molecule has 0 aliphatic carbocycles. The molecule has 1 N–H and O–H groups in total. The van der Waals surface area contributed by atoms with Gasteiger partial charge in [0.2, 0.25) is 0 Å². The molecule has 0 saturated heterocycles. The lowest BCUT2D eigenvalue weighted by Crippen LogP contribution is -2.13. The number of aromatic nitrogens is 3. The van der Waals surface area contributed by atoms with Gasteiger partial charge < -0.3 is 5.32 Å². The Labute approximate surface area is 159 Å². The van der Waals surface area contributed by atoms with E-state index in [-0.39, 0.29) is 11.5 Å². The van der Waals surface area contributed by atoms with E-state index in [1.165, 1.54) is 35.0 Å². The molecule has 0 fully saturated rings. The van der Waals surface area contributed by atoms with Crippen LogP contribution in [-0.2, 0) is 0 Å². The Hall–Kier alpha value is -3.87. The van der Waals surface area contributed by atoms with Crippen LogP contribution >= 0.6 is 0 Å². The van der Waals surface area contributed by atoms with E-state index in [2.05, 4.69) is 15.4 Å². The first kappa shape index (κ1) is 17.5. The third-order valence-electron chi connectivity index (χ3n) is 4.05. The number of rotatable bonds is 4. The van der Waals surface area contributed by atoms with E-state index in [9.17, 15) is 13.6 Å². The molecule has 4 rings (SSSR count). The second-order valence-electron chi connectivity index (χ2n) is 6.01. The fraction of sp³-hybridized carbons (Fsp3) is 0. The molecule has 0 radical (unpaired) electrons. The number of pyridine rings is 1. The van der Waals surface area contributed by atoms with E-state index < -0.39 is 11.7 Å². The van der Waals surface area contributed by atoms with Crippen LogP contribution in [0.2, 0.25) is 0 Å². The molecule has 5 nitrogen and oxygen atoms in total. The standard InChI is InChI=1S/C21H14F2N4O/c22-15-6-8-18(9-7-15)27-20(14-3-2-10-24-13-14)12-19(26-27)21(28)25-17-5-1-4-16(23)11-17/h1-13H,(H,25,28). The van der Waals surface area contributed by atoms with Crippen LogP contribution in [0.15, 0.2) is 79.1 Å². The summed E-state index contributed by atoms with van der Waals surface area (Å²) in [5.74, 6) is -1.31. The fourth-order valence-corrected chi connectivity index (χ4v) is 2.75. The molecule has 0 unspecified atom stereocenters. The fourth-order valence-electron chi connectivity index (χ4n) is 2.75. The van der Waals surface area contributed by atoms with Gasteiger partial charge in [-0.15, -0.1) is 0 Å². The monoisotopic (exact) mass is 376 g/mol. The minimum absolute atomic E-state index is 0.132. The van der Waals surface area contributed by atoms with Crippen LogP contribution in [0.25, 0.3) is 16.9 Å². The molecule has 0 aliphatic rings. The third kappa shape index (κ3) is 3.64. The average Bonchev–Trinajstić information content (AvgIpc) is 3.15. The zero-order valence-electron chi connectivity index (χ0n) is 14.5. The van der Waals surface area contributed by atoms with Crippen LogP contribution < -0.4 is 5.32 Å². The van der Waals surface area contributed by atoms with Gasteiger partial charge in [0.15, 0.2) is 5.69 Å². The summed E-state index contributed by atoms with van der Waals surface area (Å²) in [4.78, 5) is 16.7. The molecule has 0 spiro atoms. The lowest BCUT2D eigenvalue weighted by atomic mass is 10.2. The molecule has 0 bridgehead atoms. The van der Waals surface area contributed by atoms with Crippen LogP contribution in [0.5, 0.6) is 0 Å². The van der Waals surface area contributed by atoms with Crippen molar-refractivity contribution < 1.29 is 13.6 Å². The Morgan fingerprint density at radius 3 is 2.46 bits per heavy atom. The van der Waals surface area contributed by atoms with E-state index in [1.54, 1.807) is 42.7 Å². The number of amides is 1. The van der Waals surface area contributed by atoms with Crippen molar-refractivity contribution in [2.75, 3.05) is 5.32 Å². The first-order chi connectivity index (χ1) is 13.6. The maximum absolute atomic E-state index is 13.4. The highest BCUT2D eigenvalue weighted by atomic mass is 19.1. The number of nitrogens with zero attached hydrogens (tertiary/aromatic N) is 3. The van der Waals surface area contributed by atoms with Crippen molar-refractivity contribution in [2.45, 2.75) is 0 Å². The topological polar surface area (TPSA) is 59.8 Å². The highest BCUT2D eigenvalue weighted by Gasteiger charge is 2.17. The van der Waals surface area contributed by atoms with Gasteiger partial charge >= 0.3 is 0 Å². The molecule has 4 aromatic rings. The van der Waals surface area contributed by atoms with E-state index in [0.717, 1.165) is 5.56 Å². The highest BCUT2D eigenvalue weighted by Crippen LogP contribution is 2.24. The van der Waals surface area contributed by atoms with Gasteiger partial charge in [0.1, 0.15) is 11.6 Å². The van der Waals surface area contributed by atoms with Gasteiger partial charge in [0, 0.05) is 23.6 Å². The SMILES string of the molecule is O=C(Nc1cccc(F)c1)c1cc(-c2cccnc2)n(-c2ccc(F)cc2)n1. The number of halogens is 2. The Morgan fingerprint density at radius 2 is 1.75 bits per heavy atom. The average molecular weight is 376 g/mol. The van der Waals surface area contributed by atoms with E-state index in [4.69, 9.17) is 0 Å². The molecule has 1 amide bonds. The summed E-state index contributed by atoms with van der Waals surface area (Å²) >= 11 is 0. The summed E-state index contributed by atoms with van der Waals surface area (Å²) in [5.41, 5.74) is 2.40. The van der Waals surface area contributed by atoms with Crippen molar-refractivity contribution in [1.29, 1.82) is 0 Å². The van der Waals surface area contributed by atoms with Gasteiger partial charge in [-0.05, 0) is 60.7 Å². The first-order valence-corrected chi connectivity index (χ1v) is 8.43. The number of carbonyl (C=O) groups is 1. The first-order valence-electron chi connectivity index (χ1n) is 8.43. The van der Waals surface area contributed by atoms with Crippen molar-refractivity contribution >= 4 is 11.6 Å². The van der Waals surface area contributed by atoms with Gasteiger partial charge in [-0.1, -0.05) is 6.07 Å². The van der Waals surface area contributed by atoms with Crippen LogP contribution in [0, 0.1) is 11.6 Å². The van der Waals surface area contributed by atoms with Crippen LogP contribution in [-0.4, -0.2) is 20.7 Å². The van der Waals surface area contributed by atoms with Gasteiger partial charge in [0.05, 0.1) is 11.4 Å². The predicted molar refractivity (Wildman–Crippen MR) is 101 cm³/mol. The molecule has 0 aliphatic heterocycles. The van der Waals surface area contributed by atoms with Crippen LogP contribution in [0.4, 0.5) is 14.5 Å². The summed E-state index contributed by atoms with van der Waals surface area (Å²) < 4.78 is 28.2. The zero-order valence-corrected chi connectivity index (χ0v) is 14.5. The van der Waals surface area contributed by atoms with Gasteiger partial charge in [-0.25, -0.2) is 13.5 Å². The Balaban J connectivity index is 1.74. The van der Waals surface area contributed by atoms with Gasteiger partial charge in [-0.2, -0.15) is 5.10 Å². The zero-order chi connectivity index (χ0) is 19.5. The molecule has 138 valence electrons. The smallest absolute Gasteiger partial charge is 0.276 e. The molecule has 2 heterocycles. The number of hydrogen-bond donors (Lipinski definition) is 1. The van der Waals surface area contributed by atoms with Crippen molar-refractivity contribution in [3.05, 3.63) is 96.5 Å². The molecule has 0 saturated carbocycles. The molecular weight excluding hydrogens is 362 g/mol. The van der Waals surface area contributed by atoms with Crippen LogP contribution in [0.3, 0.4) is 0 Å². The highest BCUT2D eigenvalue weighted by molar-refractivity contribution is 6.03. The summed E-state index contributed by atoms with van der Waals surface area (Å²) in [6, 6.07) is 16.6. The van der Waals surface area contributed by atoms with E-state index in [0.29, 0.717) is 17.1 Å². The number of benzene rings is 2. The summed E-state index contributed by atoms with van der Waals surface area (Å²) in [6.07, 6.45) is 3.28. The van der Waals surface area contributed by atoms with Gasteiger partial charge in [-0.3, -0.25) is 9.78 Å². The minimum atomic E-state index is -0.489. The number of nitrogens with one attached hydrogen (secondary N) is 1. The quantitative estimate of drug-likeness (QED) is 0.572. The third-order valence-corrected chi connectivity index (χ3v) is 4.05. The molecule has 2 aromatic heterocycles. The molecule has 0 atom stereocenters. The Bertz CT molecular complexity index is 1120. The maximum atomic E-state index is 13.4. The summed E-state index contributed by atoms with van der Waals surface area (Å²) in [6.45, 7) is 0. The van der Waals surface area contributed by atoms with Gasteiger partial charge in [0.25, 0.3) is 5.91 Å². The van der Waals surface area contributed by atoms with E-state index >= 15 is 0 Å². The maximum Gasteiger partial charge on any atom is 0.276 e. The Kier molecular flexibility index (Phi) is 4.63. The molecule has 28 heavy (non-hydrogen) atoms. The lowest BCUT2D eigenvalue weighted by Gasteiger charge is -2.07. The predicted octanol–water partition coefficient (Wildman–Crippen LogP) is 4.46. The number of carbonyl (C=O) groups excluding carboxylic acids is 1. The Morgan fingerprint density at radius 1 is 0.929 bits per heavy atom. The van der Waals surface area contributed by atoms with Crippen molar-refractivity contribution in [1.82, 2.24) is 14.8 Å². The summed E-state index contributed by atoms with van der Waals surface area (Å²) in [5, 5.41) is 6.99. The van der Waals surface area contributed by atoms with Crippen LogP contribution in [0.1, 0.15) is 10.5 Å². The molecule has 7 heteroatoms. The van der Waals surface area contributed by atoms with Crippen molar-refractivity contribution in [2.24, 2.45) is 0 Å². The normalized spacial score (nSPS) is 10.6. The van der Waals surface area contributed by atoms with Crippen molar-refractivity contribution in [3.8, 4) is 16.9 Å². The molecular formula is C21H14F2N4O. The second kappa shape index (κ2) is 7.40. The largest absolute Gasteiger partial charge is 0.320 e. The number of hydrogen-bond acceptors (Lipinski definition) is 3. The van der Waals surface area contributed by atoms with Crippen molar-refractivity contribution in [3.63, 3.8) is 0 Å². The minimum Gasteiger partial charge on any atom is -0.320 e. The summed E-state index contributed by atoms with van der Waals surface area (Å²) in [7, 11) is 0. The number of anilines is 1. The second-order valence-corrected chi connectivity index (χ2v) is 6.01. The lowest BCUT2D eigenvalue weighted by molar-refractivity contribution is 0.102.